The zero-order chi connectivity index (χ0) is 12.6. The molecule has 1 aromatic heterocycles. The number of H-pyrrole nitrogens is 1. The molecule has 0 aliphatic carbocycles. The van der Waals surface area contributed by atoms with Crippen molar-refractivity contribution in [3.63, 3.8) is 0 Å². The first-order valence-corrected chi connectivity index (χ1v) is 6.23. The Labute approximate surface area is 97.8 Å². The standard InChI is InChI=1S/C10H11N3O3S/c1-7-6-10(11)13(12-7)8-2-4-9(5-3-8)17(14,15)16/h2-6,11-12H,1H3,(H,14,15,16). The van der Waals surface area contributed by atoms with E-state index in [1.54, 1.807) is 6.07 Å². The number of nitrogens with one attached hydrogen (secondary N) is 2. The third kappa shape index (κ3) is 2.29. The zero-order valence-electron chi connectivity index (χ0n) is 9.01. The van der Waals surface area contributed by atoms with E-state index >= 15 is 0 Å². The summed E-state index contributed by atoms with van der Waals surface area (Å²) in [4.78, 5) is -0.170. The van der Waals surface area contributed by atoms with Crippen molar-refractivity contribution in [2.24, 2.45) is 0 Å². The Morgan fingerprint density at radius 1 is 1.29 bits per heavy atom. The summed E-state index contributed by atoms with van der Waals surface area (Å²) in [6, 6.07) is 7.24. The molecule has 0 radical (unpaired) electrons. The molecular weight excluding hydrogens is 242 g/mol. The van der Waals surface area contributed by atoms with E-state index < -0.39 is 10.1 Å². The average molecular weight is 253 g/mol. The molecule has 7 heteroatoms. The maximum absolute atomic E-state index is 10.9. The second kappa shape index (κ2) is 3.86. The topological polar surface area (TPSA) is 98.9 Å². The van der Waals surface area contributed by atoms with Crippen molar-refractivity contribution < 1.29 is 13.0 Å². The summed E-state index contributed by atoms with van der Waals surface area (Å²) in [5.74, 6) is 0. The van der Waals surface area contributed by atoms with Gasteiger partial charge < -0.3 is 0 Å². The molecule has 1 aromatic carbocycles. The van der Waals surface area contributed by atoms with Crippen molar-refractivity contribution in [3.05, 3.63) is 41.5 Å². The number of hydrogen-bond donors (Lipinski definition) is 3. The van der Waals surface area contributed by atoms with Gasteiger partial charge in [-0.1, -0.05) is 0 Å². The molecule has 2 rings (SSSR count). The van der Waals surface area contributed by atoms with Gasteiger partial charge in [-0.15, -0.1) is 0 Å². The fourth-order valence-electron chi connectivity index (χ4n) is 1.51. The van der Waals surface area contributed by atoms with Crippen LogP contribution in [-0.2, 0) is 10.1 Å². The van der Waals surface area contributed by atoms with Crippen LogP contribution >= 0.6 is 0 Å². The maximum atomic E-state index is 10.9. The van der Waals surface area contributed by atoms with Gasteiger partial charge in [0.1, 0.15) is 5.49 Å². The monoisotopic (exact) mass is 253 g/mol. The molecule has 0 aliphatic rings. The molecule has 6 nitrogen and oxygen atoms in total. The summed E-state index contributed by atoms with van der Waals surface area (Å²) in [7, 11) is -4.17. The molecule has 0 amide bonds. The van der Waals surface area contributed by atoms with Gasteiger partial charge in [-0.2, -0.15) is 8.42 Å². The third-order valence-electron chi connectivity index (χ3n) is 2.28. The molecule has 0 spiro atoms. The highest BCUT2D eigenvalue weighted by molar-refractivity contribution is 7.85. The molecular formula is C10H11N3O3S. The van der Waals surface area contributed by atoms with Crippen LogP contribution in [0.2, 0.25) is 0 Å². The molecule has 2 aromatic rings. The van der Waals surface area contributed by atoms with Gasteiger partial charge in [0.05, 0.1) is 10.6 Å². The first kappa shape index (κ1) is 11.6. The second-order valence-electron chi connectivity index (χ2n) is 3.63. The van der Waals surface area contributed by atoms with Crippen molar-refractivity contribution in [2.75, 3.05) is 0 Å². The highest BCUT2D eigenvalue weighted by Gasteiger charge is 2.09. The van der Waals surface area contributed by atoms with Crippen LogP contribution < -0.4 is 5.49 Å². The fraction of sp³-hybridized carbons (Fsp3) is 0.100. The predicted octanol–water partition coefficient (Wildman–Crippen LogP) is 0.840. The summed E-state index contributed by atoms with van der Waals surface area (Å²) in [6.45, 7) is 1.82. The molecule has 0 bridgehead atoms. The van der Waals surface area contributed by atoms with E-state index in [1.165, 1.54) is 28.9 Å². The van der Waals surface area contributed by atoms with Crippen LogP contribution in [-0.4, -0.2) is 22.8 Å². The second-order valence-corrected chi connectivity index (χ2v) is 5.05. The Morgan fingerprint density at radius 2 is 1.88 bits per heavy atom. The highest BCUT2D eigenvalue weighted by atomic mass is 32.2. The van der Waals surface area contributed by atoms with Crippen molar-refractivity contribution in [1.82, 2.24) is 9.78 Å². The van der Waals surface area contributed by atoms with E-state index in [2.05, 4.69) is 5.10 Å². The van der Waals surface area contributed by atoms with Crippen LogP contribution in [0.5, 0.6) is 0 Å². The van der Waals surface area contributed by atoms with Gasteiger partial charge in [0.2, 0.25) is 0 Å². The van der Waals surface area contributed by atoms with Gasteiger partial charge in [0, 0.05) is 11.8 Å². The van der Waals surface area contributed by atoms with E-state index in [-0.39, 0.29) is 10.4 Å². The molecule has 0 saturated heterocycles. The maximum Gasteiger partial charge on any atom is 0.294 e. The SMILES string of the molecule is Cc1cc(=N)n(-c2ccc(S(=O)(=O)O)cc2)[nH]1. The summed E-state index contributed by atoms with van der Waals surface area (Å²) >= 11 is 0. The minimum absolute atomic E-state index is 0.170. The van der Waals surface area contributed by atoms with Crippen molar-refractivity contribution in [1.29, 1.82) is 5.41 Å². The summed E-state index contributed by atoms with van der Waals surface area (Å²) in [5, 5.41) is 10.6. The lowest BCUT2D eigenvalue weighted by Crippen LogP contribution is -2.13. The van der Waals surface area contributed by atoms with Crippen LogP contribution in [0.4, 0.5) is 0 Å². The lowest BCUT2D eigenvalue weighted by Gasteiger charge is -2.03. The molecule has 0 aliphatic heterocycles. The summed E-state index contributed by atoms with van der Waals surface area (Å²) < 4.78 is 32.0. The Kier molecular flexibility index (Phi) is 2.64. The molecule has 1 heterocycles. The summed E-state index contributed by atoms with van der Waals surface area (Å²) in [5.41, 5.74) is 1.71. The first-order chi connectivity index (χ1) is 7.88. The van der Waals surface area contributed by atoms with E-state index in [0.29, 0.717) is 5.69 Å². The van der Waals surface area contributed by atoms with E-state index in [1.807, 2.05) is 6.92 Å². The molecule has 0 fully saturated rings. The minimum Gasteiger partial charge on any atom is -0.297 e. The van der Waals surface area contributed by atoms with Crippen molar-refractivity contribution in [2.45, 2.75) is 11.8 Å². The Balaban J connectivity index is 2.50. The molecule has 3 N–H and O–H groups in total. The molecule has 17 heavy (non-hydrogen) atoms. The van der Waals surface area contributed by atoms with Gasteiger partial charge in [-0.05, 0) is 31.2 Å². The Bertz CT molecular complexity index is 695. The van der Waals surface area contributed by atoms with E-state index in [0.717, 1.165) is 5.69 Å². The van der Waals surface area contributed by atoms with Crippen molar-refractivity contribution >= 4 is 10.1 Å². The molecule has 0 atom stereocenters. The van der Waals surface area contributed by atoms with E-state index in [4.69, 9.17) is 9.96 Å². The summed E-state index contributed by atoms with van der Waals surface area (Å²) in [6.07, 6.45) is 0. The number of aromatic amines is 1. The van der Waals surface area contributed by atoms with Gasteiger partial charge >= 0.3 is 0 Å². The minimum atomic E-state index is -4.17. The van der Waals surface area contributed by atoms with Gasteiger partial charge in [0.15, 0.2) is 0 Å². The first-order valence-electron chi connectivity index (χ1n) is 4.79. The lowest BCUT2D eigenvalue weighted by molar-refractivity contribution is 0.483. The number of benzene rings is 1. The average Bonchev–Trinajstić information content (AvgIpc) is 2.57. The number of hydrogen-bond acceptors (Lipinski definition) is 3. The number of aromatic nitrogens is 2. The third-order valence-corrected chi connectivity index (χ3v) is 3.14. The number of nitrogens with zero attached hydrogens (tertiary/aromatic N) is 1. The van der Waals surface area contributed by atoms with Crippen LogP contribution in [0, 0.1) is 12.3 Å². The number of rotatable bonds is 2. The highest BCUT2D eigenvalue weighted by Crippen LogP contribution is 2.11. The van der Waals surface area contributed by atoms with Gasteiger partial charge in [-0.25, -0.2) is 4.68 Å². The zero-order valence-corrected chi connectivity index (χ0v) is 9.82. The lowest BCUT2D eigenvalue weighted by atomic mass is 10.3. The van der Waals surface area contributed by atoms with Crippen LogP contribution in [0.1, 0.15) is 5.69 Å². The quantitative estimate of drug-likeness (QED) is 0.691. The predicted molar refractivity (Wildman–Crippen MR) is 60.5 cm³/mol. The smallest absolute Gasteiger partial charge is 0.294 e. The van der Waals surface area contributed by atoms with Crippen molar-refractivity contribution in [3.8, 4) is 5.69 Å². The molecule has 0 unspecified atom stereocenters. The number of aryl methyl sites for hydroxylation is 1. The normalized spacial score (nSPS) is 11.6. The van der Waals surface area contributed by atoms with E-state index in [9.17, 15) is 8.42 Å². The van der Waals surface area contributed by atoms with Crippen LogP contribution in [0.3, 0.4) is 0 Å². The largest absolute Gasteiger partial charge is 0.297 e. The van der Waals surface area contributed by atoms with Crippen LogP contribution in [0.15, 0.2) is 35.2 Å². The van der Waals surface area contributed by atoms with Gasteiger partial charge in [-0.3, -0.25) is 15.1 Å². The van der Waals surface area contributed by atoms with Gasteiger partial charge in [0.25, 0.3) is 10.1 Å². The molecule has 90 valence electrons. The molecule has 0 saturated carbocycles. The Hall–Kier alpha value is -1.86. The Morgan fingerprint density at radius 3 is 2.29 bits per heavy atom. The fourth-order valence-corrected chi connectivity index (χ4v) is 1.99. The van der Waals surface area contributed by atoms with Crippen LogP contribution in [0.25, 0.3) is 5.69 Å².